The lowest BCUT2D eigenvalue weighted by Crippen LogP contribution is -2.30. The lowest BCUT2D eigenvalue weighted by atomic mass is 10.4. The van der Waals surface area contributed by atoms with Crippen LogP contribution in [0.25, 0.3) is 0 Å². The van der Waals surface area contributed by atoms with Crippen molar-refractivity contribution in [3.8, 4) is 0 Å². The van der Waals surface area contributed by atoms with Gasteiger partial charge < -0.3 is 5.32 Å². The first-order chi connectivity index (χ1) is 7.75. The fraction of sp³-hybridized carbons (Fsp3) is 0.300. The highest BCUT2D eigenvalue weighted by atomic mass is 16.2. The summed E-state index contributed by atoms with van der Waals surface area (Å²) in [6, 6.07) is -0.179. The van der Waals surface area contributed by atoms with Crippen LogP contribution in [0.4, 0.5) is 4.79 Å². The van der Waals surface area contributed by atoms with E-state index in [2.05, 4.69) is 15.4 Å². The number of aryl methyl sites for hydroxylation is 1. The Bertz CT molecular complexity index is 459. The monoisotopic (exact) mass is 219 g/mol. The number of carbonyl (C=O) groups is 1. The zero-order valence-corrected chi connectivity index (χ0v) is 9.00. The second-order valence-electron chi connectivity index (χ2n) is 3.48. The summed E-state index contributed by atoms with van der Waals surface area (Å²) in [6.07, 6.45) is 8.36. The quantitative estimate of drug-likeness (QED) is 0.824. The first-order valence-electron chi connectivity index (χ1n) is 5.01. The molecule has 0 unspecified atom stereocenters. The number of aromatic nitrogens is 4. The number of amides is 1. The van der Waals surface area contributed by atoms with Crippen LogP contribution in [0.1, 0.15) is 5.56 Å². The second-order valence-corrected chi connectivity index (χ2v) is 3.48. The van der Waals surface area contributed by atoms with Crippen LogP contribution in [0.3, 0.4) is 0 Å². The third-order valence-electron chi connectivity index (χ3n) is 2.12. The molecule has 2 heterocycles. The summed E-state index contributed by atoms with van der Waals surface area (Å²) >= 11 is 0. The van der Waals surface area contributed by atoms with Crippen molar-refractivity contribution in [1.82, 2.24) is 24.6 Å². The summed E-state index contributed by atoms with van der Waals surface area (Å²) < 4.78 is 3.19. The highest BCUT2D eigenvalue weighted by Crippen LogP contribution is 1.93. The minimum absolute atomic E-state index is 0.179. The number of carbonyl (C=O) groups excluding carboxylic acids is 1. The van der Waals surface area contributed by atoms with Gasteiger partial charge in [-0.3, -0.25) is 9.25 Å². The molecule has 6 heteroatoms. The predicted molar refractivity (Wildman–Crippen MR) is 58.0 cm³/mol. The average Bonchev–Trinajstić information content (AvgIpc) is 2.89. The molecule has 84 valence electrons. The van der Waals surface area contributed by atoms with Crippen LogP contribution >= 0.6 is 0 Å². The topological polar surface area (TPSA) is 64.7 Å². The zero-order chi connectivity index (χ0) is 11.4. The van der Waals surface area contributed by atoms with E-state index in [4.69, 9.17) is 0 Å². The zero-order valence-electron chi connectivity index (χ0n) is 9.00. The van der Waals surface area contributed by atoms with E-state index in [1.54, 1.807) is 23.3 Å². The van der Waals surface area contributed by atoms with Crippen molar-refractivity contribution >= 4 is 6.03 Å². The van der Waals surface area contributed by atoms with Crippen LogP contribution in [-0.4, -0.2) is 31.9 Å². The molecule has 2 aromatic rings. The van der Waals surface area contributed by atoms with Gasteiger partial charge in [-0.25, -0.2) is 9.78 Å². The minimum Gasteiger partial charge on any atom is -0.336 e. The van der Waals surface area contributed by atoms with Gasteiger partial charge in [0.25, 0.3) is 0 Å². The summed E-state index contributed by atoms with van der Waals surface area (Å²) in [5, 5.41) is 6.89. The number of nitrogens with zero attached hydrogens (tertiary/aromatic N) is 4. The van der Waals surface area contributed by atoms with Crippen LogP contribution in [0.2, 0.25) is 0 Å². The van der Waals surface area contributed by atoms with Gasteiger partial charge in [0.15, 0.2) is 0 Å². The molecule has 0 fully saturated rings. The van der Waals surface area contributed by atoms with Gasteiger partial charge in [-0.15, -0.1) is 0 Å². The van der Waals surface area contributed by atoms with Crippen molar-refractivity contribution in [3.05, 3.63) is 36.7 Å². The fourth-order valence-corrected chi connectivity index (χ4v) is 1.34. The van der Waals surface area contributed by atoms with Gasteiger partial charge in [-0.05, 0) is 12.5 Å². The van der Waals surface area contributed by atoms with Gasteiger partial charge in [0.05, 0.1) is 12.7 Å². The van der Waals surface area contributed by atoms with Crippen LogP contribution in [0.15, 0.2) is 31.1 Å². The van der Waals surface area contributed by atoms with Gasteiger partial charge in [0.1, 0.15) is 6.33 Å². The molecule has 1 N–H and O–H groups in total. The molecule has 1 amide bonds. The van der Waals surface area contributed by atoms with Gasteiger partial charge in [0.2, 0.25) is 0 Å². The summed E-state index contributed by atoms with van der Waals surface area (Å²) in [4.78, 5) is 15.3. The number of hydrogen-bond donors (Lipinski definition) is 1. The summed E-state index contributed by atoms with van der Waals surface area (Å²) in [7, 11) is 0. The molecule has 2 aromatic heterocycles. The number of rotatable bonds is 3. The van der Waals surface area contributed by atoms with Crippen LogP contribution in [-0.2, 0) is 6.54 Å². The third kappa shape index (κ3) is 2.47. The van der Waals surface area contributed by atoms with E-state index in [9.17, 15) is 4.79 Å². The molecule has 6 nitrogen and oxygen atoms in total. The van der Waals surface area contributed by atoms with E-state index in [0.29, 0.717) is 13.1 Å². The maximum atomic E-state index is 11.5. The number of hydrogen-bond acceptors (Lipinski definition) is 3. The Morgan fingerprint density at radius 2 is 2.44 bits per heavy atom. The van der Waals surface area contributed by atoms with Crippen molar-refractivity contribution in [1.29, 1.82) is 0 Å². The fourth-order valence-electron chi connectivity index (χ4n) is 1.34. The van der Waals surface area contributed by atoms with E-state index < -0.39 is 0 Å². The lowest BCUT2D eigenvalue weighted by molar-refractivity contribution is 0.242. The molecule has 0 spiro atoms. The SMILES string of the molecule is Cc1cnn(CCNC(=O)n2ccnc2)c1. The highest BCUT2D eigenvalue weighted by molar-refractivity contribution is 5.76. The smallest absolute Gasteiger partial charge is 0.326 e. The Hall–Kier alpha value is -2.11. The van der Waals surface area contributed by atoms with E-state index in [-0.39, 0.29) is 6.03 Å². The number of nitrogens with one attached hydrogen (secondary N) is 1. The van der Waals surface area contributed by atoms with Gasteiger partial charge >= 0.3 is 6.03 Å². The molecule has 0 bridgehead atoms. The van der Waals surface area contributed by atoms with Crippen molar-refractivity contribution in [2.45, 2.75) is 13.5 Å². The lowest BCUT2D eigenvalue weighted by Gasteiger charge is -2.04. The Balaban J connectivity index is 1.78. The Morgan fingerprint density at radius 1 is 1.56 bits per heavy atom. The molecule has 0 aromatic carbocycles. The summed E-state index contributed by atoms with van der Waals surface area (Å²) in [5.41, 5.74) is 1.11. The van der Waals surface area contributed by atoms with E-state index in [0.717, 1.165) is 5.56 Å². The van der Waals surface area contributed by atoms with Crippen molar-refractivity contribution in [2.75, 3.05) is 6.54 Å². The molecule has 0 saturated heterocycles. The molecule has 0 aliphatic carbocycles. The molecule has 0 aliphatic rings. The van der Waals surface area contributed by atoms with Crippen molar-refractivity contribution in [3.63, 3.8) is 0 Å². The molecule has 0 radical (unpaired) electrons. The van der Waals surface area contributed by atoms with E-state index in [1.165, 1.54) is 10.9 Å². The molecular formula is C10H13N5O. The van der Waals surface area contributed by atoms with Crippen LogP contribution in [0.5, 0.6) is 0 Å². The van der Waals surface area contributed by atoms with Crippen molar-refractivity contribution in [2.24, 2.45) is 0 Å². The van der Waals surface area contributed by atoms with E-state index in [1.807, 2.05) is 13.1 Å². The Labute approximate surface area is 92.9 Å². The van der Waals surface area contributed by atoms with Gasteiger partial charge in [-0.1, -0.05) is 0 Å². The standard InChI is InChI=1S/C10H13N5O/c1-9-6-13-15(7-9)5-3-12-10(16)14-4-2-11-8-14/h2,4,6-8H,3,5H2,1H3,(H,12,16). The minimum atomic E-state index is -0.179. The normalized spacial score (nSPS) is 10.3. The largest absolute Gasteiger partial charge is 0.336 e. The first-order valence-corrected chi connectivity index (χ1v) is 5.01. The average molecular weight is 219 g/mol. The summed E-state index contributed by atoms with van der Waals surface area (Å²) in [5.74, 6) is 0. The molecule has 0 aliphatic heterocycles. The maximum absolute atomic E-state index is 11.5. The number of imidazole rings is 1. The summed E-state index contributed by atoms with van der Waals surface area (Å²) in [6.45, 7) is 3.18. The highest BCUT2D eigenvalue weighted by Gasteiger charge is 2.01. The third-order valence-corrected chi connectivity index (χ3v) is 2.12. The van der Waals surface area contributed by atoms with Gasteiger partial charge in [0, 0.05) is 25.1 Å². The molecular weight excluding hydrogens is 206 g/mol. The maximum Gasteiger partial charge on any atom is 0.326 e. The molecule has 0 atom stereocenters. The van der Waals surface area contributed by atoms with E-state index >= 15 is 0 Å². The predicted octanol–water partition coefficient (Wildman–Crippen LogP) is 0.646. The molecule has 16 heavy (non-hydrogen) atoms. The van der Waals surface area contributed by atoms with Gasteiger partial charge in [-0.2, -0.15) is 5.10 Å². The van der Waals surface area contributed by atoms with Crippen LogP contribution in [0, 0.1) is 6.92 Å². The molecule has 0 saturated carbocycles. The molecule has 2 rings (SSSR count). The van der Waals surface area contributed by atoms with Crippen LogP contribution < -0.4 is 5.32 Å². The van der Waals surface area contributed by atoms with Crippen molar-refractivity contribution < 1.29 is 4.79 Å². The Morgan fingerprint density at radius 3 is 3.06 bits per heavy atom. The Kier molecular flexibility index (Phi) is 3.00. The second kappa shape index (κ2) is 4.61. The first kappa shape index (κ1) is 10.4.